The fraction of sp³-hybridized carbons (Fsp3) is 0.432. The molecule has 270 valence electrons. The van der Waals surface area contributed by atoms with E-state index in [1.165, 1.54) is 4.90 Å². The summed E-state index contributed by atoms with van der Waals surface area (Å²) >= 11 is 0. The first kappa shape index (κ1) is 45.9. The Morgan fingerprint density at radius 3 is 2.00 bits per heavy atom. The van der Waals surface area contributed by atoms with Crippen LogP contribution < -0.4 is 89.6 Å². The predicted molar refractivity (Wildman–Crippen MR) is 186 cm³/mol. The van der Waals surface area contributed by atoms with Crippen LogP contribution in [-0.2, 0) is 31.5 Å². The molecule has 1 aliphatic rings. The number of nitrogens with one attached hydrogen (secondary N) is 3. The van der Waals surface area contributed by atoms with Crippen molar-refractivity contribution in [3.63, 3.8) is 0 Å². The summed E-state index contributed by atoms with van der Waals surface area (Å²) in [5.74, 6) is -0.650. The van der Waals surface area contributed by atoms with E-state index in [0.29, 0.717) is 25.3 Å². The van der Waals surface area contributed by atoms with Crippen LogP contribution >= 0.6 is 7.82 Å². The number of carbonyl (C=O) groups is 3. The maximum Gasteiger partial charge on any atom is 1.00 e. The van der Waals surface area contributed by atoms with Gasteiger partial charge in [0.05, 0.1) is 20.0 Å². The van der Waals surface area contributed by atoms with Gasteiger partial charge in [-0.15, -0.1) is 0 Å². The van der Waals surface area contributed by atoms with Gasteiger partial charge in [0.2, 0.25) is 5.91 Å². The number of nitrogens with zero attached hydrogens (tertiary/aromatic N) is 1. The number of hydrogen-bond donors (Lipinski definition) is 3. The molecule has 1 saturated heterocycles. The van der Waals surface area contributed by atoms with E-state index in [-0.39, 0.29) is 96.9 Å². The molecule has 1 fully saturated rings. The predicted octanol–water partition coefficient (Wildman–Crippen LogP) is -2.81. The number of phosphoric ester groups is 1. The van der Waals surface area contributed by atoms with E-state index in [1.54, 1.807) is 0 Å². The van der Waals surface area contributed by atoms with Crippen LogP contribution in [0.25, 0.3) is 0 Å². The van der Waals surface area contributed by atoms with E-state index < -0.39 is 43.9 Å². The third-order valence-electron chi connectivity index (χ3n) is 8.65. The maximum atomic E-state index is 14.0. The molecule has 52 heavy (non-hydrogen) atoms. The zero-order valence-corrected chi connectivity index (χ0v) is 35.9. The van der Waals surface area contributed by atoms with E-state index in [4.69, 9.17) is 9.26 Å². The Labute approximate surface area is 351 Å². The number of rotatable bonds is 17. The smallest absolute Gasteiger partial charge is 0.790 e. The summed E-state index contributed by atoms with van der Waals surface area (Å²) < 4.78 is 23.3. The van der Waals surface area contributed by atoms with Crippen LogP contribution in [0.15, 0.2) is 78.9 Å². The SMILES string of the molecule is Cc1cccc(C)c1OCC(=O)N[C@@H](Cc1ccccc1)[C@H](C[C@@H](Cc1ccccc1)NC(=O)[C@H](C(C)C)N1CCCNC1=O)OP(=O)([O-])[O-].[Na+].[Na+]. The molecule has 0 spiro atoms. The van der Waals surface area contributed by atoms with E-state index in [0.717, 1.165) is 22.3 Å². The Kier molecular flexibility index (Phi) is 19.6. The van der Waals surface area contributed by atoms with Crippen LogP contribution in [-0.4, -0.2) is 66.7 Å². The topological polar surface area (TPSA) is 172 Å². The number of phosphoric acid groups is 1. The summed E-state index contributed by atoms with van der Waals surface area (Å²) in [6, 6.07) is 21.1. The summed E-state index contributed by atoms with van der Waals surface area (Å²) in [6.07, 6.45) is -0.462. The van der Waals surface area contributed by atoms with Crippen LogP contribution in [0, 0.1) is 19.8 Å². The molecule has 4 amide bonds. The van der Waals surface area contributed by atoms with Crippen molar-refractivity contribution in [2.24, 2.45) is 5.92 Å². The first-order valence-electron chi connectivity index (χ1n) is 16.9. The maximum absolute atomic E-state index is 14.0. The second-order valence-corrected chi connectivity index (χ2v) is 14.2. The summed E-state index contributed by atoms with van der Waals surface area (Å²) in [5, 5.41) is 8.69. The molecule has 0 aromatic heterocycles. The molecule has 0 saturated carbocycles. The molecule has 3 aromatic carbocycles. The van der Waals surface area contributed by atoms with Crippen LogP contribution in [0.3, 0.4) is 0 Å². The molecule has 0 unspecified atom stereocenters. The van der Waals surface area contributed by atoms with Gasteiger partial charge in [-0.1, -0.05) is 92.7 Å². The standard InChI is InChI=1S/C37H49N4O8P.2Na/c1-25(2)34(41-20-12-19-38-37(41)44)36(43)39-30(21-28-15-7-5-8-16-28)23-32(49-50(45,46)47)31(22-29-17-9-6-10-18-29)40-33(42)24-48-35-26(3)13-11-14-27(35)4;;/h5-11,13-18,25,30-32,34H,12,19-24H2,1-4H3,(H,38,44)(H,39,43)(H,40,42)(H2,45,46,47);;/q;2*+1/p-2/t30-,31+,32+,34+;;/m1../s1. The molecule has 4 rings (SSSR count). The van der Waals surface area contributed by atoms with Crippen LogP contribution in [0.5, 0.6) is 5.75 Å². The van der Waals surface area contributed by atoms with Crippen molar-refractivity contribution in [3.05, 3.63) is 101 Å². The third kappa shape index (κ3) is 14.5. The van der Waals surface area contributed by atoms with Crippen LogP contribution in [0.1, 0.15) is 48.9 Å². The Bertz CT molecular complexity index is 1610. The van der Waals surface area contributed by atoms with Gasteiger partial charge in [-0.2, -0.15) is 0 Å². The van der Waals surface area contributed by atoms with Crippen molar-refractivity contribution in [1.29, 1.82) is 0 Å². The first-order valence-corrected chi connectivity index (χ1v) is 18.4. The second kappa shape index (κ2) is 22.2. The number of aryl methyl sites for hydroxylation is 2. The van der Waals surface area contributed by atoms with Gasteiger partial charge in [-0.05, 0) is 67.7 Å². The van der Waals surface area contributed by atoms with Gasteiger partial charge in [0.1, 0.15) is 11.8 Å². The Morgan fingerprint density at radius 2 is 1.46 bits per heavy atom. The first-order chi connectivity index (χ1) is 23.8. The van der Waals surface area contributed by atoms with Gasteiger partial charge in [0, 0.05) is 19.1 Å². The van der Waals surface area contributed by atoms with Gasteiger partial charge in [0.15, 0.2) is 6.61 Å². The average molecular weight is 753 g/mol. The number of hydrogen-bond acceptors (Lipinski definition) is 8. The zero-order chi connectivity index (χ0) is 36.3. The fourth-order valence-electron chi connectivity index (χ4n) is 6.38. The quantitative estimate of drug-likeness (QED) is 0.0981. The van der Waals surface area contributed by atoms with Crippen molar-refractivity contribution in [2.75, 3.05) is 19.7 Å². The molecule has 3 aromatic rings. The number of benzene rings is 3. The molecule has 15 heteroatoms. The molecular weight excluding hydrogens is 705 g/mol. The number of ether oxygens (including phenoxy) is 1. The molecule has 0 radical (unpaired) electrons. The normalized spacial score (nSPS) is 15.2. The van der Waals surface area contributed by atoms with Crippen molar-refractivity contribution in [2.45, 2.75) is 77.6 Å². The van der Waals surface area contributed by atoms with Gasteiger partial charge >= 0.3 is 65.1 Å². The molecule has 1 aliphatic heterocycles. The Balaban J connectivity index is 0.00000468. The van der Waals surface area contributed by atoms with Gasteiger partial charge in [-0.3, -0.25) is 9.59 Å². The number of urea groups is 1. The van der Waals surface area contributed by atoms with E-state index in [2.05, 4.69) is 16.0 Å². The zero-order valence-electron chi connectivity index (χ0n) is 31.0. The third-order valence-corrected chi connectivity index (χ3v) is 9.18. The van der Waals surface area contributed by atoms with E-state index in [9.17, 15) is 28.7 Å². The summed E-state index contributed by atoms with van der Waals surface area (Å²) in [4.78, 5) is 66.1. The minimum absolute atomic E-state index is 0. The molecule has 0 aliphatic carbocycles. The summed E-state index contributed by atoms with van der Waals surface area (Å²) in [5.41, 5.74) is 3.29. The molecule has 3 N–H and O–H groups in total. The fourth-order valence-corrected chi connectivity index (χ4v) is 6.94. The molecule has 12 nitrogen and oxygen atoms in total. The van der Waals surface area contributed by atoms with Crippen molar-refractivity contribution >= 4 is 25.7 Å². The largest absolute Gasteiger partial charge is 1.00 e. The Morgan fingerprint density at radius 1 is 0.885 bits per heavy atom. The van der Waals surface area contributed by atoms with Gasteiger partial charge in [-0.25, -0.2) is 4.79 Å². The number of carbonyl (C=O) groups excluding carboxylic acids is 3. The van der Waals surface area contributed by atoms with Crippen molar-refractivity contribution < 1.29 is 97.1 Å². The van der Waals surface area contributed by atoms with Gasteiger partial charge in [0.25, 0.3) is 5.91 Å². The average Bonchev–Trinajstić information content (AvgIpc) is 3.05. The van der Waals surface area contributed by atoms with E-state index >= 15 is 0 Å². The van der Waals surface area contributed by atoms with Crippen LogP contribution in [0.4, 0.5) is 4.79 Å². The monoisotopic (exact) mass is 752 g/mol. The number of para-hydroxylation sites is 1. The van der Waals surface area contributed by atoms with Crippen molar-refractivity contribution in [3.8, 4) is 5.75 Å². The Hall–Kier alpha value is -2.22. The van der Waals surface area contributed by atoms with E-state index in [1.807, 2.05) is 107 Å². The molecule has 0 bridgehead atoms. The summed E-state index contributed by atoms with van der Waals surface area (Å²) in [7, 11) is -5.59. The van der Waals surface area contributed by atoms with Gasteiger partial charge < -0.3 is 44.5 Å². The minimum atomic E-state index is -5.59. The van der Waals surface area contributed by atoms with Crippen molar-refractivity contribution in [1.82, 2.24) is 20.9 Å². The second-order valence-electron chi connectivity index (χ2n) is 13.1. The molecule has 1 heterocycles. The minimum Gasteiger partial charge on any atom is -0.790 e. The van der Waals surface area contributed by atoms with Crippen LogP contribution in [0.2, 0.25) is 0 Å². The molecule has 4 atom stereocenters. The number of amides is 4. The molecular formula is C37H47N4Na2O8P. The summed E-state index contributed by atoms with van der Waals surface area (Å²) in [6.45, 7) is 7.99.